The second-order valence-electron chi connectivity index (χ2n) is 9.31. The van der Waals surface area contributed by atoms with E-state index in [4.69, 9.17) is 4.74 Å². The number of amidine groups is 1. The molecular weight excluding hydrogens is 577 g/mol. The molecule has 0 spiro atoms. The second kappa shape index (κ2) is 10.0. The van der Waals surface area contributed by atoms with Crippen molar-refractivity contribution in [3.8, 4) is 0 Å². The molecule has 0 bridgehead atoms. The minimum Gasteiger partial charge on any atom is -0.444 e. The number of nitrogens with one attached hydrogen (secondary N) is 1. The molecule has 0 aromatic carbocycles. The highest BCUT2D eigenvalue weighted by atomic mass is 127. The number of allylic oxidation sites excluding steroid dienone is 3. The Labute approximate surface area is 206 Å². The summed E-state index contributed by atoms with van der Waals surface area (Å²) >= 11 is 1.98. The van der Waals surface area contributed by atoms with Crippen LogP contribution in [0.5, 0.6) is 0 Å². The molecule has 0 radical (unpaired) electrons. The van der Waals surface area contributed by atoms with Crippen molar-refractivity contribution in [2.45, 2.75) is 70.5 Å². The summed E-state index contributed by atoms with van der Waals surface area (Å²) in [7, 11) is -3.73. The molecule has 0 saturated carbocycles. The number of hydrogen-bond donors (Lipinski definition) is 1. The van der Waals surface area contributed by atoms with Gasteiger partial charge in [-0.15, -0.1) is 0 Å². The number of aliphatic imine (C=N–C) groups is 1. The number of amides is 1. The van der Waals surface area contributed by atoms with Gasteiger partial charge in [-0.25, -0.2) is 17.8 Å². The number of nitrogens with zero attached hydrogens (tertiary/aromatic N) is 2. The zero-order valence-electron chi connectivity index (χ0n) is 19.7. The average molecular weight is 607 g/mol. The number of alkyl halides is 3. The van der Waals surface area contributed by atoms with Crippen LogP contribution < -0.4 is 5.32 Å². The van der Waals surface area contributed by atoms with Crippen LogP contribution in [0.25, 0.3) is 0 Å². The molecule has 0 unspecified atom stereocenters. The minimum atomic E-state index is -4.70. The molecule has 1 amide bonds. The predicted molar refractivity (Wildman–Crippen MR) is 132 cm³/mol. The van der Waals surface area contributed by atoms with Crippen LogP contribution in [-0.4, -0.2) is 50.5 Å². The third-order valence-electron chi connectivity index (χ3n) is 4.67. The highest BCUT2D eigenvalue weighted by Crippen LogP contribution is 2.39. The molecule has 0 fully saturated rings. The topological polar surface area (TPSA) is 80.1 Å². The standard InChI is InChI=1S/C21H30F4IN3O3S/c1-13(26)9-10-15(22)14(2)20(8)12-33(31,27-11-21(23,24)25)19(6,7)16(29-20)28-17(30)32-18(3,4)5/h9-10H,2,11-12H2,1,3-8H3,(H,28,29,30)/b13-9+,15-10+/t20-,33-/m0/s1. The van der Waals surface area contributed by atoms with E-state index < -0.39 is 56.0 Å². The molecule has 6 nitrogen and oxygen atoms in total. The third-order valence-corrected chi connectivity index (χ3v) is 8.32. The van der Waals surface area contributed by atoms with Crippen molar-refractivity contribution < 1.29 is 31.3 Å². The Morgan fingerprint density at radius 1 is 1.30 bits per heavy atom. The maximum Gasteiger partial charge on any atom is 0.413 e. The van der Waals surface area contributed by atoms with Crippen molar-refractivity contribution in [2.24, 2.45) is 9.36 Å². The normalized spacial score (nSPS) is 26.4. The first-order valence-electron chi connectivity index (χ1n) is 9.88. The Morgan fingerprint density at radius 2 is 1.85 bits per heavy atom. The molecule has 12 heteroatoms. The van der Waals surface area contributed by atoms with E-state index in [9.17, 15) is 26.6 Å². The molecule has 33 heavy (non-hydrogen) atoms. The predicted octanol–water partition coefficient (Wildman–Crippen LogP) is 6.24. The summed E-state index contributed by atoms with van der Waals surface area (Å²) in [5, 5.41) is 2.39. The van der Waals surface area contributed by atoms with Crippen molar-refractivity contribution in [2.75, 3.05) is 12.3 Å². The van der Waals surface area contributed by atoms with E-state index in [1.807, 2.05) is 22.6 Å². The highest BCUT2D eigenvalue weighted by Gasteiger charge is 2.50. The second-order valence-corrected chi connectivity index (χ2v) is 13.9. The fraction of sp³-hybridized carbons (Fsp3) is 0.619. The Balaban J connectivity index is 3.67. The largest absolute Gasteiger partial charge is 0.444 e. The van der Waals surface area contributed by atoms with Crippen molar-refractivity contribution in [1.82, 2.24) is 5.32 Å². The molecule has 188 valence electrons. The number of rotatable bonds is 4. The summed E-state index contributed by atoms with van der Waals surface area (Å²) in [5.41, 5.74) is -2.72. The van der Waals surface area contributed by atoms with E-state index in [2.05, 4.69) is 21.3 Å². The van der Waals surface area contributed by atoms with Gasteiger partial charge < -0.3 is 4.74 Å². The summed E-state index contributed by atoms with van der Waals surface area (Å²) in [6.07, 6.45) is -3.03. The number of hydrogen-bond acceptors (Lipinski definition) is 5. The average Bonchev–Trinajstić information content (AvgIpc) is 2.60. The SMILES string of the molecule is C=C(/C(F)=C\C=C(/C)I)[C@]1(C)C[S@@](=O)(=NCC(F)(F)F)C(C)(C)C(NC(=O)OC(C)(C)C)=N1. The number of carbonyl (C=O) groups excluding carboxylic acids is 1. The molecule has 1 rings (SSSR count). The van der Waals surface area contributed by atoms with Crippen LogP contribution in [-0.2, 0) is 14.5 Å². The quantitative estimate of drug-likeness (QED) is 0.234. The van der Waals surface area contributed by atoms with E-state index in [1.54, 1.807) is 27.7 Å². The summed E-state index contributed by atoms with van der Waals surface area (Å²) in [4.78, 5) is 16.8. The monoisotopic (exact) mass is 607 g/mol. The summed E-state index contributed by atoms with van der Waals surface area (Å²) in [6.45, 7) is 12.8. The lowest BCUT2D eigenvalue weighted by molar-refractivity contribution is -0.117. The van der Waals surface area contributed by atoms with Crippen molar-refractivity contribution in [3.05, 3.63) is 33.7 Å². The molecule has 0 saturated heterocycles. The van der Waals surface area contributed by atoms with Crippen LogP contribution in [0.3, 0.4) is 0 Å². The third kappa shape index (κ3) is 8.08. The molecule has 0 aromatic heterocycles. The number of ether oxygens (including phenoxy) is 1. The van der Waals surface area contributed by atoms with Crippen LogP contribution in [0.1, 0.15) is 48.5 Å². The van der Waals surface area contributed by atoms with Gasteiger partial charge in [0.05, 0.1) is 21.0 Å². The Hall–Kier alpha value is -1.44. The number of halogens is 5. The van der Waals surface area contributed by atoms with Crippen LogP contribution in [0.2, 0.25) is 0 Å². The lowest BCUT2D eigenvalue weighted by Gasteiger charge is -2.42. The van der Waals surface area contributed by atoms with Gasteiger partial charge >= 0.3 is 12.3 Å². The van der Waals surface area contributed by atoms with E-state index in [1.165, 1.54) is 26.8 Å². The molecule has 1 N–H and O–H groups in total. The van der Waals surface area contributed by atoms with Gasteiger partial charge in [-0.3, -0.25) is 10.3 Å². The van der Waals surface area contributed by atoms with E-state index in [-0.39, 0.29) is 11.4 Å². The first-order chi connectivity index (χ1) is 14.6. The molecule has 1 aliphatic rings. The van der Waals surface area contributed by atoms with E-state index in [0.717, 1.165) is 9.66 Å². The van der Waals surface area contributed by atoms with Crippen molar-refractivity contribution in [1.29, 1.82) is 0 Å². The molecule has 1 heterocycles. The van der Waals surface area contributed by atoms with Gasteiger partial charge in [0.15, 0.2) is 0 Å². The zero-order chi connectivity index (χ0) is 26.0. The lowest BCUT2D eigenvalue weighted by Crippen LogP contribution is -2.59. The smallest absolute Gasteiger partial charge is 0.413 e. The first kappa shape index (κ1) is 29.6. The molecule has 0 aromatic rings. The minimum absolute atomic E-state index is 0.203. The Morgan fingerprint density at radius 3 is 2.30 bits per heavy atom. The maximum atomic E-state index is 14.8. The maximum absolute atomic E-state index is 14.8. The zero-order valence-corrected chi connectivity index (χ0v) is 22.7. The van der Waals surface area contributed by atoms with Gasteiger partial charge in [0.1, 0.15) is 28.6 Å². The van der Waals surface area contributed by atoms with Crippen LogP contribution in [0.4, 0.5) is 22.4 Å². The number of alkyl carbamates (subject to hydrolysis) is 1. The van der Waals surface area contributed by atoms with E-state index >= 15 is 0 Å². The molecule has 1 aliphatic heterocycles. The van der Waals surface area contributed by atoms with Crippen LogP contribution >= 0.6 is 22.6 Å². The first-order valence-corrected chi connectivity index (χ1v) is 12.6. The number of carbonyl (C=O) groups is 1. The van der Waals surface area contributed by atoms with E-state index in [0.29, 0.717) is 0 Å². The van der Waals surface area contributed by atoms with Gasteiger partial charge in [0, 0.05) is 5.57 Å². The fourth-order valence-corrected chi connectivity index (χ4v) is 5.50. The summed E-state index contributed by atoms with van der Waals surface area (Å²) < 4.78 is 75.4. The highest BCUT2D eigenvalue weighted by molar-refractivity contribution is 14.1. The van der Waals surface area contributed by atoms with Gasteiger partial charge in [-0.1, -0.05) is 12.7 Å². The summed E-state index contributed by atoms with van der Waals surface area (Å²) in [6, 6.07) is 0. The van der Waals surface area contributed by atoms with Crippen molar-refractivity contribution >= 4 is 44.2 Å². The Bertz CT molecular complexity index is 1010. The van der Waals surface area contributed by atoms with Gasteiger partial charge in [0.25, 0.3) is 0 Å². The fourth-order valence-electron chi connectivity index (χ4n) is 2.79. The van der Waals surface area contributed by atoms with Gasteiger partial charge in [-0.2, -0.15) is 13.2 Å². The molecule has 0 aliphatic carbocycles. The molecule has 2 atom stereocenters. The van der Waals surface area contributed by atoms with Gasteiger partial charge in [0.2, 0.25) is 0 Å². The Kier molecular flexibility index (Phi) is 9.01. The van der Waals surface area contributed by atoms with Crippen LogP contribution in [0.15, 0.2) is 43.1 Å². The van der Waals surface area contributed by atoms with Crippen molar-refractivity contribution in [3.63, 3.8) is 0 Å². The van der Waals surface area contributed by atoms with Gasteiger partial charge in [-0.05, 0) is 80.7 Å². The molecular formula is C21H30F4IN3O3S. The lowest BCUT2D eigenvalue weighted by atomic mass is 9.93. The van der Waals surface area contributed by atoms with Crippen LogP contribution in [0, 0.1) is 0 Å². The summed E-state index contributed by atoms with van der Waals surface area (Å²) in [5.74, 6) is -1.53.